The highest BCUT2D eigenvalue weighted by molar-refractivity contribution is 7.93. The number of rotatable bonds is 4. The normalized spacial score (nSPS) is 23.2. The van der Waals surface area contributed by atoms with Gasteiger partial charge in [-0.3, -0.25) is 0 Å². The van der Waals surface area contributed by atoms with Gasteiger partial charge in [-0.1, -0.05) is 18.2 Å². The second kappa shape index (κ2) is 4.70. The molecule has 5 nitrogen and oxygen atoms in total. The highest BCUT2D eigenvalue weighted by Crippen LogP contribution is 2.38. The lowest BCUT2D eigenvalue weighted by Crippen LogP contribution is -2.57. The van der Waals surface area contributed by atoms with Gasteiger partial charge >= 0.3 is 5.97 Å². The fourth-order valence-corrected chi connectivity index (χ4v) is 3.57. The third kappa shape index (κ3) is 1.81. The van der Waals surface area contributed by atoms with Crippen LogP contribution in [-0.4, -0.2) is 32.5 Å². The molecule has 1 aliphatic heterocycles. The van der Waals surface area contributed by atoms with Crippen molar-refractivity contribution in [2.75, 3.05) is 13.2 Å². The quantitative estimate of drug-likeness (QED) is 0.767. The third-order valence-corrected chi connectivity index (χ3v) is 5.09. The van der Waals surface area contributed by atoms with Crippen LogP contribution in [-0.2, 0) is 24.1 Å². The average molecular weight is 270 g/mol. The van der Waals surface area contributed by atoms with Crippen molar-refractivity contribution in [3.8, 4) is 0 Å². The predicted octanol–water partition coefficient (Wildman–Crippen LogP) is 1.14. The number of carbonyl (C=O) groups excluding carboxylic acids is 1. The number of carbonyl (C=O) groups is 1. The molecule has 0 bridgehead atoms. The van der Waals surface area contributed by atoms with Crippen LogP contribution in [0.3, 0.4) is 0 Å². The first-order valence-corrected chi connectivity index (χ1v) is 7.14. The zero-order valence-corrected chi connectivity index (χ0v) is 10.8. The van der Waals surface area contributed by atoms with E-state index in [-0.39, 0.29) is 24.5 Å². The summed E-state index contributed by atoms with van der Waals surface area (Å²) >= 11 is 0. The molecule has 6 heteroatoms. The Hall–Kier alpha value is -1.40. The van der Waals surface area contributed by atoms with Gasteiger partial charge in [0.2, 0.25) is 9.84 Å². The first-order chi connectivity index (χ1) is 8.54. The molecule has 1 atom stereocenters. The van der Waals surface area contributed by atoms with Gasteiger partial charge in [-0.05, 0) is 19.1 Å². The van der Waals surface area contributed by atoms with Gasteiger partial charge in [-0.2, -0.15) is 0 Å². The van der Waals surface area contributed by atoms with Crippen molar-refractivity contribution in [3.05, 3.63) is 30.3 Å². The lowest BCUT2D eigenvalue weighted by atomic mass is 10.2. The molecule has 98 valence electrons. The fraction of sp³-hybridized carbons (Fsp3) is 0.417. The topological polar surface area (TPSA) is 69.7 Å². The van der Waals surface area contributed by atoms with Gasteiger partial charge in [0.25, 0.3) is 4.93 Å². The van der Waals surface area contributed by atoms with Gasteiger partial charge in [0.1, 0.15) is 0 Å². The van der Waals surface area contributed by atoms with Crippen LogP contribution < -0.4 is 0 Å². The van der Waals surface area contributed by atoms with E-state index in [0.717, 1.165) is 0 Å². The molecule has 0 N–H and O–H groups in total. The molecule has 1 aromatic rings. The fourth-order valence-electron chi connectivity index (χ4n) is 1.80. The molecule has 0 aromatic heterocycles. The summed E-state index contributed by atoms with van der Waals surface area (Å²) in [7, 11) is -3.88. The largest absolute Gasteiger partial charge is 0.463 e. The Morgan fingerprint density at radius 3 is 2.44 bits per heavy atom. The van der Waals surface area contributed by atoms with Crippen LogP contribution >= 0.6 is 0 Å². The molecular weight excluding hydrogens is 256 g/mol. The summed E-state index contributed by atoms with van der Waals surface area (Å²) in [5.41, 5.74) is 0. The first-order valence-electron chi connectivity index (χ1n) is 5.65. The van der Waals surface area contributed by atoms with E-state index < -0.39 is 20.7 Å². The molecule has 0 saturated carbocycles. The molecule has 1 aromatic carbocycles. The van der Waals surface area contributed by atoms with Crippen LogP contribution in [0.2, 0.25) is 0 Å². The molecule has 1 heterocycles. The standard InChI is InChI=1S/C12H14O5S/c1-2-16-11(13)12(8-9-17-12)18(14,15)10-6-4-3-5-7-10/h3-7H,2,8-9H2,1H3. The van der Waals surface area contributed by atoms with E-state index >= 15 is 0 Å². The second-order valence-corrected chi connectivity index (χ2v) is 6.03. The van der Waals surface area contributed by atoms with Gasteiger partial charge in [-0.25, -0.2) is 13.2 Å². The number of ether oxygens (including phenoxy) is 2. The molecule has 0 spiro atoms. The van der Waals surface area contributed by atoms with Gasteiger partial charge in [0, 0.05) is 6.42 Å². The maximum Gasteiger partial charge on any atom is 0.354 e. The zero-order valence-electron chi connectivity index (χ0n) is 9.96. The van der Waals surface area contributed by atoms with Gasteiger partial charge < -0.3 is 9.47 Å². The minimum absolute atomic E-state index is 0.0674. The second-order valence-electron chi connectivity index (χ2n) is 3.89. The highest BCUT2D eigenvalue weighted by Gasteiger charge is 2.59. The SMILES string of the molecule is CCOC(=O)C1(S(=O)(=O)c2ccccc2)CCO1. The Labute approximate surface area is 106 Å². The predicted molar refractivity (Wildman–Crippen MR) is 63.6 cm³/mol. The number of esters is 1. The summed E-state index contributed by atoms with van der Waals surface area (Å²) in [4.78, 5) is 10.1. The zero-order chi connectivity index (χ0) is 13.2. The molecule has 1 aliphatic rings. The van der Waals surface area contributed by atoms with Crippen molar-refractivity contribution in [1.82, 2.24) is 0 Å². The average Bonchev–Trinajstić information content (AvgIpc) is 2.28. The van der Waals surface area contributed by atoms with Crippen LogP contribution in [0.15, 0.2) is 35.2 Å². The van der Waals surface area contributed by atoms with Crippen LogP contribution in [0.1, 0.15) is 13.3 Å². The van der Waals surface area contributed by atoms with Gasteiger partial charge in [0.05, 0.1) is 18.1 Å². The molecule has 1 fully saturated rings. The van der Waals surface area contributed by atoms with E-state index in [1.54, 1.807) is 25.1 Å². The number of sulfone groups is 1. The Balaban J connectivity index is 2.42. The Kier molecular flexibility index (Phi) is 3.41. The number of hydrogen-bond acceptors (Lipinski definition) is 5. The van der Waals surface area contributed by atoms with Gasteiger partial charge in [0.15, 0.2) is 0 Å². The van der Waals surface area contributed by atoms with Crippen molar-refractivity contribution in [2.45, 2.75) is 23.2 Å². The van der Waals surface area contributed by atoms with Crippen molar-refractivity contribution < 1.29 is 22.7 Å². The lowest BCUT2D eigenvalue weighted by molar-refractivity contribution is -0.178. The molecule has 0 aliphatic carbocycles. The van der Waals surface area contributed by atoms with Crippen LogP contribution in [0.5, 0.6) is 0 Å². The van der Waals surface area contributed by atoms with Crippen LogP contribution in [0, 0.1) is 0 Å². The van der Waals surface area contributed by atoms with E-state index in [1.165, 1.54) is 12.1 Å². The molecule has 2 rings (SSSR count). The minimum Gasteiger partial charge on any atom is -0.463 e. The Morgan fingerprint density at radius 2 is 2.00 bits per heavy atom. The van der Waals surface area contributed by atoms with Crippen LogP contribution in [0.4, 0.5) is 0 Å². The monoisotopic (exact) mass is 270 g/mol. The van der Waals surface area contributed by atoms with Crippen molar-refractivity contribution in [1.29, 1.82) is 0 Å². The highest BCUT2D eigenvalue weighted by atomic mass is 32.2. The Morgan fingerprint density at radius 1 is 1.39 bits per heavy atom. The molecule has 1 saturated heterocycles. The van der Waals surface area contributed by atoms with E-state index in [4.69, 9.17) is 9.47 Å². The summed E-state index contributed by atoms with van der Waals surface area (Å²) in [6, 6.07) is 7.79. The van der Waals surface area contributed by atoms with E-state index in [1.807, 2.05) is 0 Å². The molecule has 0 amide bonds. The van der Waals surface area contributed by atoms with E-state index in [2.05, 4.69) is 0 Å². The number of benzene rings is 1. The summed E-state index contributed by atoms with van der Waals surface area (Å²) < 4.78 is 34.8. The van der Waals surface area contributed by atoms with E-state index in [0.29, 0.717) is 0 Å². The smallest absolute Gasteiger partial charge is 0.354 e. The van der Waals surface area contributed by atoms with Crippen molar-refractivity contribution in [2.24, 2.45) is 0 Å². The molecule has 18 heavy (non-hydrogen) atoms. The molecule has 0 radical (unpaired) electrons. The van der Waals surface area contributed by atoms with E-state index in [9.17, 15) is 13.2 Å². The maximum atomic E-state index is 12.4. The Bertz CT molecular complexity index is 531. The van der Waals surface area contributed by atoms with Gasteiger partial charge in [-0.15, -0.1) is 0 Å². The maximum absolute atomic E-state index is 12.4. The number of hydrogen-bond donors (Lipinski definition) is 0. The van der Waals surface area contributed by atoms with Crippen LogP contribution in [0.25, 0.3) is 0 Å². The first kappa shape index (κ1) is 13.0. The summed E-state index contributed by atoms with van der Waals surface area (Å²) in [5.74, 6) is -0.833. The lowest BCUT2D eigenvalue weighted by Gasteiger charge is -2.38. The van der Waals surface area contributed by atoms with Crippen molar-refractivity contribution in [3.63, 3.8) is 0 Å². The molecule has 1 unspecified atom stereocenters. The summed E-state index contributed by atoms with van der Waals surface area (Å²) in [5, 5.41) is 0. The third-order valence-electron chi connectivity index (χ3n) is 2.84. The summed E-state index contributed by atoms with van der Waals surface area (Å²) in [6.45, 7) is 1.98. The summed E-state index contributed by atoms with van der Waals surface area (Å²) in [6.07, 6.45) is 0.128. The minimum atomic E-state index is -3.88. The molecular formula is C12H14O5S. The van der Waals surface area contributed by atoms with Crippen molar-refractivity contribution >= 4 is 15.8 Å².